The fourth-order valence-corrected chi connectivity index (χ4v) is 6.11. The molecule has 0 saturated carbocycles. The van der Waals surface area contributed by atoms with Gasteiger partial charge in [-0.15, -0.1) is 0 Å². The van der Waals surface area contributed by atoms with Gasteiger partial charge < -0.3 is 0 Å². The fraction of sp³-hybridized carbons (Fsp3) is 0.571. The van der Waals surface area contributed by atoms with E-state index >= 15 is 0 Å². The first-order chi connectivity index (χ1) is 8.32. The molecule has 2 fully saturated rings. The summed E-state index contributed by atoms with van der Waals surface area (Å²) in [5.74, 6) is 0. The maximum atomic E-state index is 5.86. The predicted molar refractivity (Wildman–Crippen MR) is 70.7 cm³/mol. The number of hydrogen-bond donors (Lipinski definition) is 1. The molecule has 1 unspecified atom stereocenters. The van der Waals surface area contributed by atoms with Crippen LogP contribution in [-0.4, -0.2) is 33.8 Å². The molecule has 1 aromatic rings. The summed E-state index contributed by atoms with van der Waals surface area (Å²) >= 11 is 0.517. The first-order valence-corrected chi connectivity index (χ1v) is 8.21. The maximum absolute atomic E-state index is 5.86. The summed E-state index contributed by atoms with van der Waals surface area (Å²) in [6.45, 7) is 0. The average Bonchev–Trinajstić information content (AvgIpc) is 2.62. The van der Waals surface area contributed by atoms with E-state index in [1.807, 2.05) is 7.11 Å². The number of fused-ring (bicyclic) bond motifs is 2. The molecule has 2 saturated heterocycles. The number of piperidine rings is 1. The molecule has 0 aromatic heterocycles. The third-order valence-corrected chi connectivity index (χ3v) is 6.90. The van der Waals surface area contributed by atoms with E-state index in [4.69, 9.17) is 4.74 Å². The topological polar surface area (TPSA) is 21.3 Å². The number of rotatable bonds is 3. The van der Waals surface area contributed by atoms with E-state index in [0.29, 0.717) is 25.8 Å². The zero-order valence-corrected chi connectivity index (χ0v) is 11.9. The second-order valence-corrected chi connectivity index (χ2v) is 7.66. The minimum atomic E-state index is -0.0151. The molecule has 2 aliphatic heterocycles. The summed E-state index contributed by atoms with van der Waals surface area (Å²) in [5.41, 5.74) is -0.0151. The van der Waals surface area contributed by atoms with E-state index < -0.39 is 0 Å². The molecule has 2 bridgehead atoms. The number of ether oxygens (including phenoxy) is 1. The number of nitrogens with one attached hydrogen (secondary N) is 1. The van der Waals surface area contributed by atoms with Crippen LogP contribution >= 0.6 is 0 Å². The van der Waals surface area contributed by atoms with E-state index in [1.165, 1.54) is 30.1 Å². The van der Waals surface area contributed by atoms with Crippen LogP contribution in [0.4, 0.5) is 0 Å². The van der Waals surface area contributed by atoms with Gasteiger partial charge in [0.25, 0.3) is 0 Å². The zero-order chi connectivity index (χ0) is 11.7. The van der Waals surface area contributed by atoms with Crippen molar-refractivity contribution in [2.24, 2.45) is 0 Å². The van der Waals surface area contributed by atoms with Gasteiger partial charge in [-0.25, -0.2) is 0 Å². The molecule has 1 N–H and O–H groups in total. The SMILES string of the molecule is CO[C@]12CCC[C@H](CC1[Se]c1ccccc1)N2. The molecule has 1 aromatic carbocycles. The Hall–Kier alpha value is -0.341. The predicted octanol–water partition coefficient (Wildman–Crippen LogP) is 1.69. The van der Waals surface area contributed by atoms with Crippen molar-refractivity contribution >= 4 is 19.4 Å². The second-order valence-electron chi connectivity index (χ2n) is 4.98. The Morgan fingerprint density at radius 1 is 1.35 bits per heavy atom. The van der Waals surface area contributed by atoms with Gasteiger partial charge in [-0.2, -0.15) is 0 Å². The molecular weight excluding hydrogens is 277 g/mol. The standard InChI is InChI=1S/C14H19NOSe/c1-16-14-9-5-6-11(15-14)10-13(14)17-12-7-3-2-4-8-12/h2-4,7-8,11,13,15H,5-6,9-10H2,1H3/t11-,13?,14-/m1/s1. The summed E-state index contributed by atoms with van der Waals surface area (Å²) in [4.78, 5) is 0.690. The molecule has 0 spiro atoms. The van der Waals surface area contributed by atoms with Crippen molar-refractivity contribution in [3.05, 3.63) is 30.3 Å². The van der Waals surface area contributed by atoms with Crippen molar-refractivity contribution in [1.29, 1.82) is 0 Å². The van der Waals surface area contributed by atoms with Crippen LogP contribution in [0.2, 0.25) is 4.82 Å². The molecule has 2 aliphatic rings. The van der Waals surface area contributed by atoms with Crippen LogP contribution in [0.5, 0.6) is 0 Å². The Balaban J connectivity index is 1.79. The van der Waals surface area contributed by atoms with Gasteiger partial charge in [0.2, 0.25) is 0 Å². The molecule has 0 amide bonds. The molecular formula is C14H19NOSe. The Morgan fingerprint density at radius 2 is 2.18 bits per heavy atom. The van der Waals surface area contributed by atoms with Crippen molar-refractivity contribution in [3.63, 3.8) is 0 Å². The van der Waals surface area contributed by atoms with Crippen LogP contribution in [0.3, 0.4) is 0 Å². The average molecular weight is 296 g/mol. The van der Waals surface area contributed by atoms with Crippen molar-refractivity contribution in [2.75, 3.05) is 7.11 Å². The van der Waals surface area contributed by atoms with Gasteiger partial charge in [-0.3, -0.25) is 0 Å². The Kier molecular flexibility index (Phi) is 3.27. The Morgan fingerprint density at radius 3 is 2.94 bits per heavy atom. The van der Waals surface area contributed by atoms with Crippen LogP contribution in [0.1, 0.15) is 25.7 Å². The van der Waals surface area contributed by atoms with Crippen LogP contribution in [-0.2, 0) is 4.74 Å². The normalized spacial score (nSPS) is 36.1. The van der Waals surface area contributed by atoms with Crippen molar-refractivity contribution in [1.82, 2.24) is 5.32 Å². The van der Waals surface area contributed by atoms with Crippen LogP contribution < -0.4 is 9.78 Å². The van der Waals surface area contributed by atoms with Crippen LogP contribution in [0, 0.1) is 0 Å². The molecule has 0 radical (unpaired) electrons. The van der Waals surface area contributed by atoms with E-state index in [-0.39, 0.29) is 5.72 Å². The summed E-state index contributed by atoms with van der Waals surface area (Å²) < 4.78 is 7.36. The fourth-order valence-electron chi connectivity index (χ4n) is 3.08. The van der Waals surface area contributed by atoms with Crippen LogP contribution in [0.25, 0.3) is 0 Å². The van der Waals surface area contributed by atoms with Crippen LogP contribution in [0.15, 0.2) is 30.3 Å². The second kappa shape index (κ2) is 4.73. The molecule has 2 nitrogen and oxygen atoms in total. The summed E-state index contributed by atoms with van der Waals surface area (Å²) in [5, 5.41) is 3.72. The molecule has 17 heavy (non-hydrogen) atoms. The van der Waals surface area contributed by atoms with Gasteiger partial charge in [0.1, 0.15) is 0 Å². The molecule has 3 atom stereocenters. The molecule has 3 heteroatoms. The van der Waals surface area contributed by atoms with Gasteiger partial charge in [0.15, 0.2) is 0 Å². The van der Waals surface area contributed by atoms with Gasteiger partial charge in [-0.1, -0.05) is 0 Å². The summed E-state index contributed by atoms with van der Waals surface area (Å²) in [6, 6.07) is 11.6. The molecule has 0 aliphatic carbocycles. The monoisotopic (exact) mass is 297 g/mol. The molecule has 2 heterocycles. The van der Waals surface area contributed by atoms with E-state index in [0.717, 1.165) is 0 Å². The van der Waals surface area contributed by atoms with Gasteiger partial charge in [-0.05, 0) is 0 Å². The van der Waals surface area contributed by atoms with E-state index in [2.05, 4.69) is 35.6 Å². The van der Waals surface area contributed by atoms with Gasteiger partial charge in [0.05, 0.1) is 0 Å². The summed E-state index contributed by atoms with van der Waals surface area (Å²) in [6.07, 6.45) is 5.11. The number of hydrogen-bond acceptors (Lipinski definition) is 2. The molecule has 3 rings (SSSR count). The van der Waals surface area contributed by atoms with E-state index in [9.17, 15) is 0 Å². The summed E-state index contributed by atoms with van der Waals surface area (Å²) in [7, 11) is 1.87. The Labute approximate surface area is 109 Å². The van der Waals surface area contributed by atoms with Crippen molar-refractivity contribution < 1.29 is 4.74 Å². The number of benzene rings is 1. The first-order valence-electron chi connectivity index (χ1n) is 6.37. The Bertz CT molecular complexity index is 383. The quantitative estimate of drug-likeness (QED) is 0.857. The minimum absolute atomic E-state index is 0.0151. The van der Waals surface area contributed by atoms with Gasteiger partial charge in [0, 0.05) is 0 Å². The zero-order valence-electron chi connectivity index (χ0n) is 10.2. The molecule has 92 valence electrons. The third-order valence-electron chi connectivity index (χ3n) is 3.95. The first kappa shape index (κ1) is 11.7. The number of methoxy groups -OCH3 is 1. The van der Waals surface area contributed by atoms with E-state index in [1.54, 1.807) is 0 Å². The third kappa shape index (κ3) is 2.17. The van der Waals surface area contributed by atoms with Gasteiger partial charge >= 0.3 is 109 Å². The van der Waals surface area contributed by atoms with Crippen molar-refractivity contribution in [3.8, 4) is 0 Å². The van der Waals surface area contributed by atoms with Crippen molar-refractivity contribution in [2.45, 2.75) is 42.3 Å².